The zero-order valence-electron chi connectivity index (χ0n) is 25.3. The van der Waals surface area contributed by atoms with Crippen molar-refractivity contribution in [1.82, 2.24) is 14.5 Å². The van der Waals surface area contributed by atoms with E-state index in [1.807, 2.05) is 12.1 Å². The number of rotatable bonds is 10. The number of fused-ring (bicyclic) bond motifs is 1. The van der Waals surface area contributed by atoms with Gasteiger partial charge in [-0.25, -0.2) is 14.5 Å². The van der Waals surface area contributed by atoms with Crippen LogP contribution in [0, 0.1) is 5.95 Å². The molecule has 43 heavy (non-hydrogen) atoms. The first kappa shape index (κ1) is 32.0. The van der Waals surface area contributed by atoms with Crippen LogP contribution >= 0.6 is 7.82 Å². The van der Waals surface area contributed by atoms with Crippen molar-refractivity contribution in [2.75, 3.05) is 12.4 Å². The molecule has 1 aromatic carbocycles. The van der Waals surface area contributed by atoms with Gasteiger partial charge in [-0.1, -0.05) is 6.58 Å². The predicted octanol–water partition coefficient (Wildman–Crippen LogP) is 7.75. The van der Waals surface area contributed by atoms with Crippen LogP contribution in [0.3, 0.4) is 0 Å². The molecule has 0 atom stereocenters. The molecular weight excluding hydrogens is 574 g/mol. The van der Waals surface area contributed by atoms with Crippen molar-refractivity contribution in [1.29, 1.82) is 0 Å². The van der Waals surface area contributed by atoms with Gasteiger partial charge >= 0.3 is 7.82 Å². The summed E-state index contributed by atoms with van der Waals surface area (Å²) in [5.41, 5.74) is 1.98. The molecule has 0 unspecified atom stereocenters. The van der Waals surface area contributed by atoms with E-state index in [1.165, 1.54) is 25.4 Å². The van der Waals surface area contributed by atoms with Crippen LogP contribution in [-0.4, -0.2) is 38.8 Å². The average Bonchev–Trinajstić information content (AvgIpc) is 3.27. The second-order valence-electron chi connectivity index (χ2n) is 11.7. The topological polar surface area (TPSA) is 114 Å². The third-order valence-corrected chi connectivity index (χ3v) is 7.78. The third kappa shape index (κ3) is 8.36. The van der Waals surface area contributed by atoms with Crippen molar-refractivity contribution in [2.45, 2.75) is 59.5 Å². The van der Waals surface area contributed by atoms with Gasteiger partial charge in [0.2, 0.25) is 11.9 Å². The highest BCUT2D eigenvalue weighted by atomic mass is 31.2. The molecule has 0 radical (unpaired) electrons. The number of benzene rings is 1. The number of phosphoric ester groups is 1. The average molecular weight is 611 g/mol. The Kier molecular flexibility index (Phi) is 9.22. The highest BCUT2D eigenvalue weighted by Crippen LogP contribution is 2.55. The molecular formula is C31H36FN4O6P. The Hall–Kier alpha value is -3.89. The minimum Gasteiger partial charge on any atom is -0.497 e. The number of aromatic nitrogens is 3. The largest absolute Gasteiger partial charge is 0.497 e. The zero-order valence-corrected chi connectivity index (χ0v) is 26.2. The van der Waals surface area contributed by atoms with Crippen LogP contribution < -0.4 is 10.1 Å². The van der Waals surface area contributed by atoms with Crippen LogP contribution in [0.15, 0.2) is 67.6 Å². The fourth-order valence-corrected chi connectivity index (χ4v) is 6.00. The monoisotopic (exact) mass is 610 g/mol. The lowest BCUT2D eigenvalue weighted by Crippen LogP contribution is -2.25. The summed E-state index contributed by atoms with van der Waals surface area (Å²) in [6.07, 6.45) is 5.94. The summed E-state index contributed by atoms with van der Waals surface area (Å²) in [4.78, 5) is 20.3. The molecule has 1 amide bonds. The number of nitrogens with one attached hydrogen (secondary N) is 1. The number of hydrogen-bond donors (Lipinski definition) is 1. The smallest absolute Gasteiger partial charge is 0.477 e. The number of methoxy groups -OCH3 is 1. The molecule has 0 saturated carbocycles. The molecule has 0 aliphatic carbocycles. The number of carbonyl (C=O) groups excluding carboxylic acids is 1. The van der Waals surface area contributed by atoms with E-state index in [9.17, 15) is 13.8 Å². The molecule has 0 saturated heterocycles. The first-order valence-electron chi connectivity index (χ1n) is 13.5. The fourth-order valence-electron chi connectivity index (χ4n) is 4.25. The number of nitrogens with zero attached hydrogens (tertiary/aromatic N) is 3. The fraction of sp³-hybridized carbons (Fsp3) is 0.323. The number of pyridine rings is 2. The Labute approximate surface area is 250 Å². The van der Waals surface area contributed by atoms with Gasteiger partial charge in [-0.05, 0) is 83.0 Å². The van der Waals surface area contributed by atoms with Gasteiger partial charge in [-0.2, -0.15) is 4.39 Å². The highest BCUT2D eigenvalue weighted by molar-refractivity contribution is 7.48. The molecule has 0 fully saturated rings. The van der Waals surface area contributed by atoms with E-state index in [0.717, 1.165) is 0 Å². The molecule has 4 rings (SSSR count). The van der Waals surface area contributed by atoms with Gasteiger partial charge in [-0.3, -0.25) is 18.4 Å². The number of hydrogen-bond acceptors (Lipinski definition) is 8. The van der Waals surface area contributed by atoms with Crippen molar-refractivity contribution >= 4 is 30.5 Å². The molecule has 3 aromatic heterocycles. The van der Waals surface area contributed by atoms with E-state index in [-0.39, 0.29) is 12.6 Å². The number of anilines is 1. The van der Waals surface area contributed by atoms with Crippen molar-refractivity contribution in [2.24, 2.45) is 0 Å². The minimum absolute atomic E-state index is 0.225. The first-order chi connectivity index (χ1) is 20.1. The summed E-state index contributed by atoms with van der Waals surface area (Å²) in [7, 11) is -2.51. The Balaban J connectivity index is 1.82. The van der Waals surface area contributed by atoms with E-state index in [1.54, 1.807) is 76.7 Å². The van der Waals surface area contributed by atoms with Crippen molar-refractivity contribution in [3.05, 3.63) is 73.6 Å². The predicted molar refractivity (Wildman–Crippen MR) is 164 cm³/mol. The summed E-state index contributed by atoms with van der Waals surface area (Å²) in [5, 5.41) is 3.41. The zero-order chi connectivity index (χ0) is 31.6. The van der Waals surface area contributed by atoms with Crippen molar-refractivity contribution < 1.29 is 32.1 Å². The summed E-state index contributed by atoms with van der Waals surface area (Å²) in [6.45, 7) is 13.8. The van der Waals surface area contributed by atoms with Crippen LogP contribution in [0.2, 0.25) is 0 Å². The lowest BCUT2D eigenvalue weighted by molar-refractivity contribution is -0.111. The Bertz CT molecular complexity index is 1690. The highest BCUT2D eigenvalue weighted by Gasteiger charge is 2.37. The number of carbonyl (C=O) groups is 1. The second-order valence-corrected chi connectivity index (χ2v) is 13.2. The lowest BCUT2D eigenvalue weighted by Gasteiger charge is -2.30. The van der Waals surface area contributed by atoms with Gasteiger partial charge in [0.15, 0.2) is 0 Å². The number of ether oxygens (including phenoxy) is 1. The van der Waals surface area contributed by atoms with Gasteiger partial charge in [0, 0.05) is 52.9 Å². The summed E-state index contributed by atoms with van der Waals surface area (Å²) >= 11 is 0. The Morgan fingerprint density at radius 3 is 2.33 bits per heavy atom. The van der Waals surface area contributed by atoms with Crippen LogP contribution in [0.5, 0.6) is 5.75 Å². The summed E-state index contributed by atoms with van der Waals surface area (Å²) in [5.74, 6) is -0.487. The molecule has 0 aliphatic heterocycles. The molecule has 0 spiro atoms. The maximum absolute atomic E-state index is 14.2. The standard InChI is InChI=1S/C31H36FN4O6P/c1-9-28(37)35-23-12-21(13-24(16-23)39-8)22-14-25-26(20-10-11-33-27(32)15-20)18-36(29(25)34-17-22)19-40-43(38,41-30(2,3)4)42-31(5,6)7/h9-18H,1,19H2,2-8H3,(H,35,37). The van der Waals surface area contributed by atoms with Crippen LogP contribution in [0.1, 0.15) is 41.5 Å². The molecule has 10 nitrogen and oxygen atoms in total. The molecule has 228 valence electrons. The molecule has 0 bridgehead atoms. The van der Waals surface area contributed by atoms with Gasteiger partial charge in [0.25, 0.3) is 0 Å². The molecule has 3 heterocycles. The lowest BCUT2D eigenvalue weighted by atomic mass is 10.0. The van der Waals surface area contributed by atoms with E-state index in [0.29, 0.717) is 44.7 Å². The van der Waals surface area contributed by atoms with E-state index < -0.39 is 25.0 Å². The maximum Gasteiger partial charge on any atom is 0.477 e. The van der Waals surface area contributed by atoms with E-state index >= 15 is 0 Å². The van der Waals surface area contributed by atoms with Gasteiger partial charge < -0.3 is 14.6 Å². The van der Waals surface area contributed by atoms with Crippen molar-refractivity contribution in [3.8, 4) is 28.0 Å². The third-order valence-electron chi connectivity index (χ3n) is 5.81. The SMILES string of the molecule is C=CC(=O)Nc1cc(OC)cc(-c2cnc3c(c2)c(-c2ccnc(F)c2)cn3COP(=O)(OC(C)(C)C)OC(C)(C)C)c1. The number of phosphoric acid groups is 1. The van der Waals surface area contributed by atoms with Gasteiger partial charge in [0.05, 0.1) is 18.3 Å². The molecule has 0 aliphatic rings. The van der Waals surface area contributed by atoms with Crippen molar-refractivity contribution in [3.63, 3.8) is 0 Å². The molecule has 4 aromatic rings. The van der Waals surface area contributed by atoms with Crippen LogP contribution in [-0.2, 0) is 29.7 Å². The van der Waals surface area contributed by atoms with E-state index in [2.05, 4.69) is 16.9 Å². The second kappa shape index (κ2) is 12.4. The number of halogens is 1. The van der Waals surface area contributed by atoms with Gasteiger partial charge in [-0.15, -0.1) is 0 Å². The quantitative estimate of drug-likeness (QED) is 0.110. The maximum atomic E-state index is 14.2. The van der Waals surface area contributed by atoms with Crippen LogP contribution in [0.25, 0.3) is 33.3 Å². The molecule has 12 heteroatoms. The Morgan fingerprint density at radius 1 is 1.02 bits per heavy atom. The normalized spacial score (nSPS) is 12.4. The first-order valence-corrected chi connectivity index (χ1v) is 14.9. The summed E-state index contributed by atoms with van der Waals surface area (Å²) in [6, 6.07) is 10.2. The van der Waals surface area contributed by atoms with Gasteiger partial charge in [0.1, 0.15) is 18.1 Å². The Morgan fingerprint density at radius 2 is 1.72 bits per heavy atom. The summed E-state index contributed by atoms with van der Waals surface area (Å²) < 4.78 is 52.4. The molecule has 1 N–H and O–H groups in total. The minimum atomic E-state index is -4.04. The number of amides is 1. The van der Waals surface area contributed by atoms with Crippen LogP contribution in [0.4, 0.5) is 10.1 Å². The van der Waals surface area contributed by atoms with E-state index in [4.69, 9.17) is 23.3 Å².